The van der Waals surface area contributed by atoms with Gasteiger partial charge in [0.15, 0.2) is 0 Å². The van der Waals surface area contributed by atoms with Crippen molar-refractivity contribution >= 4 is 11.7 Å². The molecule has 1 aliphatic carbocycles. The van der Waals surface area contributed by atoms with Crippen LogP contribution >= 0.6 is 0 Å². The summed E-state index contributed by atoms with van der Waals surface area (Å²) in [5.41, 5.74) is 1.78. The minimum atomic E-state index is -0.115. The van der Waals surface area contributed by atoms with Crippen LogP contribution in [0.1, 0.15) is 37.8 Å². The number of nitrogens with zero attached hydrogens (tertiary/aromatic N) is 3. The first-order chi connectivity index (χ1) is 11.7. The van der Waals surface area contributed by atoms with Crippen LogP contribution in [0.3, 0.4) is 0 Å². The third-order valence-corrected chi connectivity index (χ3v) is 4.89. The van der Waals surface area contributed by atoms with Gasteiger partial charge in [-0.05, 0) is 32.3 Å². The molecular formula is C18H22N4O2. The van der Waals surface area contributed by atoms with E-state index in [0.717, 1.165) is 17.0 Å². The Bertz CT molecular complexity index is 738. The third-order valence-electron chi connectivity index (χ3n) is 4.89. The van der Waals surface area contributed by atoms with Gasteiger partial charge >= 0.3 is 6.03 Å². The number of hydrogen-bond donors (Lipinski definition) is 1. The van der Waals surface area contributed by atoms with Crippen LogP contribution in [0.15, 0.2) is 36.7 Å². The van der Waals surface area contributed by atoms with Gasteiger partial charge in [0.05, 0.1) is 30.5 Å². The normalized spacial score (nSPS) is 20.5. The zero-order chi connectivity index (χ0) is 16.5. The van der Waals surface area contributed by atoms with Crippen LogP contribution in [0, 0.1) is 0 Å². The van der Waals surface area contributed by atoms with E-state index in [4.69, 9.17) is 4.74 Å². The van der Waals surface area contributed by atoms with Gasteiger partial charge in [-0.25, -0.2) is 4.79 Å². The lowest BCUT2D eigenvalue weighted by Crippen LogP contribution is -2.42. The van der Waals surface area contributed by atoms with Crippen molar-refractivity contribution in [2.45, 2.75) is 44.8 Å². The molecule has 6 nitrogen and oxygen atoms in total. The van der Waals surface area contributed by atoms with Crippen LogP contribution in [0.2, 0.25) is 0 Å². The second-order valence-electron chi connectivity index (χ2n) is 6.62. The fraction of sp³-hybridized carbons (Fsp3) is 0.444. The van der Waals surface area contributed by atoms with Gasteiger partial charge in [-0.1, -0.05) is 18.2 Å². The van der Waals surface area contributed by atoms with Crippen molar-refractivity contribution in [3.8, 4) is 5.75 Å². The molecule has 2 aromatic rings. The lowest BCUT2D eigenvalue weighted by Gasteiger charge is -2.26. The van der Waals surface area contributed by atoms with Crippen LogP contribution in [0.25, 0.3) is 0 Å². The van der Waals surface area contributed by atoms with Crippen LogP contribution in [0.4, 0.5) is 10.5 Å². The Kier molecular flexibility index (Phi) is 3.88. The Balaban J connectivity index is 1.47. The van der Waals surface area contributed by atoms with Crippen molar-refractivity contribution < 1.29 is 9.53 Å². The monoisotopic (exact) mass is 326 g/mol. The molecule has 0 radical (unpaired) electrons. The lowest BCUT2D eigenvalue weighted by atomic mass is 9.93. The van der Waals surface area contributed by atoms with Crippen molar-refractivity contribution in [1.29, 1.82) is 0 Å². The Morgan fingerprint density at radius 1 is 1.33 bits per heavy atom. The summed E-state index contributed by atoms with van der Waals surface area (Å²) in [6, 6.07) is 8.25. The predicted octanol–water partition coefficient (Wildman–Crippen LogP) is 3.42. The second kappa shape index (κ2) is 6.19. The minimum Gasteiger partial charge on any atom is -0.491 e. The summed E-state index contributed by atoms with van der Waals surface area (Å²) < 4.78 is 7.77. The Hall–Kier alpha value is -2.50. The summed E-state index contributed by atoms with van der Waals surface area (Å²) in [5.74, 6) is 0.859. The number of para-hydroxylation sites is 1. The molecule has 0 saturated heterocycles. The Morgan fingerprint density at radius 2 is 2.17 bits per heavy atom. The highest BCUT2D eigenvalue weighted by Crippen LogP contribution is 2.31. The fourth-order valence-electron chi connectivity index (χ4n) is 3.14. The number of rotatable bonds is 2. The van der Waals surface area contributed by atoms with E-state index in [-0.39, 0.29) is 12.1 Å². The first kappa shape index (κ1) is 15.1. The fourth-order valence-corrected chi connectivity index (χ4v) is 3.14. The molecular weight excluding hydrogens is 304 g/mol. The molecule has 2 aliphatic rings. The molecule has 6 heteroatoms. The number of carbonyl (C=O) groups excluding carboxylic acids is 1. The average Bonchev–Trinajstić information content (AvgIpc) is 2.89. The highest BCUT2D eigenvalue weighted by Gasteiger charge is 2.26. The Morgan fingerprint density at radius 3 is 2.96 bits per heavy atom. The number of ether oxygens (including phenoxy) is 1. The van der Waals surface area contributed by atoms with Gasteiger partial charge in [-0.15, -0.1) is 0 Å². The van der Waals surface area contributed by atoms with E-state index in [9.17, 15) is 4.79 Å². The number of aromatic nitrogens is 2. The first-order valence-corrected chi connectivity index (χ1v) is 8.53. The Labute approximate surface area is 141 Å². The van der Waals surface area contributed by atoms with E-state index >= 15 is 0 Å². The molecule has 1 fully saturated rings. The number of benzene rings is 1. The topological polar surface area (TPSA) is 59.4 Å². The maximum atomic E-state index is 12.7. The van der Waals surface area contributed by atoms with Crippen molar-refractivity contribution in [2.75, 3.05) is 11.9 Å². The van der Waals surface area contributed by atoms with Gasteiger partial charge in [-0.3, -0.25) is 4.68 Å². The zero-order valence-electron chi connectivity index (χ0n) is 13.8. The summed E-state index contributed by atoms with van der Waals surface area (Å²) in [6.45, 7) is 3.04. The van der Waals surface area contributed by atoms with Crippen LogP contribution in [-0.2, 0) is 6.54 Å². The predicted molar refractivity (Wildman–Crippen MR) is 91.1 cm³/mol. The largest absolute Gasteiger partial charge is 0.491 e. The smallest absolute Gasteiger partial charge is 0.322 e. The minimum absolute atomic E-state index is 0.000855. The molecule has 2 amide bonds. The molecule has 126 valence electrons. The van der Waals surface area contributed by atoms with E-state index in [1.807, 2.05) is 47.0 Å². The van der Waals surface area contributed by atoms with Gasteiger partial charge in [0, 0.05) is 11.8 Å². The van der Waals surface area contributed by atoms with Gasteiger partial charge in [0.1, 0.15) is 12.4 Å². The molecule has 1 saturated carbocycles. The van der Waals surface area contributed by atoms with Gasteiger partial charge in [-0.2, -0.15) is 5.10 Å². The quantitative estimate of drug-likeness (QED) is 0.920. The van der Waals surface area contributed by atoms with E-state index in [1.54, 1.807) is 6.20 Å². The maximum absolute atomic E-state index is 12.7. The number of carbonyl (C=O) groups is 1. The third kappa shape index (κ3) is 2.84. The number of fused-ring (bicyclic) bond motifs is 1. The van der Waals surface area contributed by atoms with E-state index in [2.05, 4.69) is 10.4 Å². The molecule has 0 bridgehead atoms. The zero-order valence-corrected chi connectivity index (χ0v) is 13.8. The van der Waals surface area contributed by atoms with Crippen molar-refractivity contribution in [2.24, 2.45) is 0 Å². The van der Waals surface area contributed by atoms with Crippen molar-refractivity contribution in [1.82, 2.24) is 14.7 Å². The average molecular weight is 326 g/mol. The number of hydrogen-bond acceptors (Lipinski definition) is 3. The van der Waals surface area contributed by atoms with Crippen molar-refractivity contribution in [3.63, 3.8) is 0 Å². The summed E-state index contributed by atoms with van der Waals surface area (Å²) in [5, 5.41) is 7.34. The molecule has 1 unspecified atom stereocenters. The van der Waals surface area contributed by atoms with Gasteiger partial charge in [0.2, 0.25) is 0 Å². The SMILES string of the molecule is CC1COc2ccccc2CN1C(=O)Nc1cnn(C2CCC2)c1. The van der Waals surface area contributed by atoms with Crippen LogP contribution in [0.5, 0.6) is 5.75 Å². The van der Waals surface area contributed by atoms with Crippen LogP contribution in [-0.4, -0.2) is 33.4 Å². The summed E-state index contributed by atoms with van der Waals surface area (Å²) in [4.78, 5) is 14.5. The molecule has 1 N–H and O–H groups in total. The highest BCUT2D eigenvalue weighted by atomic mass is 16.5. The molecule has 4 rings (SSSR count). The number of amides is 2. The van der Waals surface area contributed by atoms with Crippen molar-refractivity contribution in [3.05, 3.63) is 42.2 Å². The van der Waals surface area contributed by atoms with E-state index in [0.29, 0.717) is 19.2 Å². The lowest BCUT2D eigenvalue weighted by molar-refractivity contribution is 0.168. The highest BCUT2D eigenvalue weighted by molar-refractivity contribution is 5.89. The number of anilines is 1. The first-order valence-electron chi connectivity index (χ1n) is 8.53. The molecule has 1 aromatic carbocycles. The second-order valence-corrected chi connectivity index (χ2v) is 6.62. The van der Waals surface area contributed by atoms with Crippen LogP contribution < -0.4 is 10.1 Å². The molecule has 2 heterocycles. The number of nitrogens with one attached hydrogen (secondary N) is 1. The van der Waals surface area contributed by atoms with E-state index < -0.39 is 0 Å². The summed E-state index contributed by atoms with van der Waals surface area (Å²) in [7, 11) is 0. The maximum Gasteiger partial charge on any atom is 0.322 e. The summed E-state index contributed by atoms with van der Waals surface area (Å²) >= 11 is 0. The standard InChI is InChI=1S/C18H22N4O2/c1-13-12-24-17-8-3-2-5-14(17)10-21(13)18(23)20-15-9-19-22(11-15)16-6-4-7-16/h2-3,5,8-9,11,13,16H,4,6-7,10,12H2,1H3,(H,20,23). The van der Waals surface area contributed by atoms with Gasteiger partial charge in [0.25, 0.3) is 0 Å². The number of urea groups is 1. The summed E-state index contributed by atoms with van der Waals surface area (Å²) in [6.07, 6.45) is 7.26. The van der Waals surface area contributed by atoms with E-state index in [1.165, 1.54) is 19.3 Å². The molecule has 0 spiro atoms. The molecule has 24 heavy (non-hydrogen) atoms. The molecule has 1 aromatic heterocycles. The van der Waals surface area contributed by atoms with Gasteiger partial charge < -0.3 is 15.0 Å². The molecule has 1 aliphatic heterocycles. The molecule has 1 atom stereocenters.